The van der Waals surface area contributed by atoms with Crippen molar-refractivity contribution in [3.63, 3.8) is 0 Å². The van der Waals surface area contributed by atoms with Gasteiger partial charge in [-0.05, 0) is 50.3 Å². The number of rotatable bonds is 6. The molecule has 0 aliphatic heterocycles. The summed E-state index contributed by atoms with van der Waals surface area (Å²) in [5, 5.41) is 0. The van der Waals surface area contributed by atoms with E-state index in [2.05, 4.69) is 6.58 Å². The van der Waals surface area contributed by atoms with E-state index in [1.165, 1.54) is 0 Å². The van der Waals surface area contributed by atoms with Gasteiger partial charge in [0.05, 0.1) is 12.2 Å². The quantitative estimate of drug-likeness (QED) is 0.441. The van der Waals surface area contributed by atoms with E-state index in [9.17, 15) is 4.79 Å². The SMILES string of the molecule is C=C/C=C(\C=C/C)Oc1ccc(C(=O)OCC)cc1. The van der Waals surface area contributed by atoms with Crippen LogP contribution in [0.2, 0.25) is 0 Å². The Labute approximate surface area is 113 Å². The summed E-state index contributed by atoms with van der Waals surface area (Å²) in [6, 6.07) is 6.81. The molecule has 0 aliphatic rings. The summed E-state index contributed by atoms with van der Waals surface area (Å²) in [4.78, 5) is 11.5. The zero-order valence-corrected chi connectivity index (χ0v) is 11.3. The molecular weight excluding hydrogens is 240 g/mol. The third kappa shape index (κ3) is 4.84. The highest BCUT2D eigenvalue weighted by molar-refractivity contribution is 5.89. The van der Waals surface area contributed by atoms with E-state index < -0.39 is 0 Å². The van der Waals surface area contributed by atoms with Crippen molar-refractivity contribution in [1.29, 1.82) is 0 Å². The van der Waals surface area contributed by atoms with Gasteiger partial charge in [-0.1, -0.05) is 18.7 Å². The number of hydrogen-bond acceptors (Lipinski definition) is 3. The number of carbonyl (C=O) groups is 1. The van der Waals surface area contributed by atoms with Gasteiger partial charge in [0.25, 0.3) is 0 Å². The van der Waals surface area contributed by atoms with Crippen molar-refractivity contribution < 1.29 is 14.3 Å². The maximum absolute atomic E-state index is 11.5. The van der Waals surface area contributed by atoms with Crippen LogP contribution in [-0.2, 0) is 4.74 Å². The van der Waals surface area contributed by atoms with Crippen molar-refractivity contribution in [3.8, 4) is 5.75 Å². The van der Waals surface area contributed by atoms with Gasteiger partial charge in [0.15, 0.2) is 0 Å². The first-order valence-electron chi connectivity index (χ1n) is 6.11. The summed E-state index contributed by atoms with van der Waals surface area (Å²) < 4.78 is 10.6. The van der Waals surface area contributed by atoms with E-state index in [4.69, 9.17) is 9.47 Å². The number of carbonyl (C=O) groups excluding carboxylic acids is 1. The van der Waals surface area contributed by atoms with Gasteiger partial charge in [0.1, 0.15) is 11.5 Å². The van der Waals surface area contributed by atoms with E-state index in [0.29, 0.717) is 23.7 Å². The van der Waals surface area contributed by atoms with Gasteiger partial charge in [-0.25, -0.2) is 4.79 Å². The molecule has 0 aromatic heterocycles. The van der Waals surface area contributed by atoms with Gasteiger partial charge in [0.2, 0.25) is 0 Å². The lowest BCUT2D eigenvalue weighted by molar-refractivity contribution is 0.0526. The Morgan fingerprint density at radius 2 is 2.00 bits per heavy atom. The molecule has 0 bridgehead atoms. The molecule has 3 nitrogen and oxygen atoms in total. The summed E-state index contributed by atoms with van der Waals surface area (Å²) in [5.41, 5.74) is 0.509. The molecule has 0 heterocycles. The minimum atomic E-state index is -0.329. The first-order chi connectivity index (χ1) is 9.21. The Balaban J connectivity index is 2.78. The molecule has 0 spiro atoms. The Hall–Kier alpha value is -2.29. The second kappa shape index (κ2) is 7.93. The molecule has 0 unspecified atom stereocenters. The van der Waals surface area contributed by atoms with Crippen LogP contribution in [0.25, 0.3) is 0 Å². The van der Waals surface area contributed by atoms with Crippen LogP contribution in [0.5, 0.6) is 5.75 Å². The van der Waals surface area contributed by atoms with Gasteiger partial charge in [-0.2, -0.15) is 0 Å². The van der Waals surface area contributed by atoms with E-state index in [-0.39, 0.29) is 5.97 Å². The van der Waals surface area contributed by atoms with E-state index in [1.807, 2.05) is 19.1 Å². The van der Waals surface area contributed by atoms with E-state index in [1.54, 1.807) is 43.3 Å². The number of ether oxygens (including phenoxy) is 2. The maximum Gasteiger partial charge on any atom is 0.338 e. The molecular formula is C16H18O3. The molecule has 100 valence electrons. The first kappa shape index (κ1) is 14.8. The predicted octanol–water partition coefficient (Wildman–Crippen LogP) is 3.89. The normalized spacial score (nSPS) is 11.4. The van der Waals surface area contributed by atoms with E-state index in [0.717, 1.165) is 0 Å². The zero-order valence-electron chi connectivity index (χ0n) is 11.3. The summed E-state index contributed by atoms with van der Waals surface area (Å²) >= 11 is 0. The van der Waals surface area contributed by atoms with Crippen molar-refractivity contribution in [3.05, 3.63) is 66.5 Å². The predicted molar refractivity (Wildman–Crippen MR) is 76.1 cm³/mol. The van der Waals surface area contributed by atoms with Crippen LogP contribution < -0.4 is 4.74 Å². The molecule has 19 heavy (non-hydrogen) atoms. The molecule has 3 heteroatoms. The van der Waals surface area contributed by atoms with Gasteiger partial charge in [-0.15, -0.1) is 0 Å². The average molecular weight is 258 g/mol. The molecule has 0 amide bonds. The first-order valence-corrected chi connectivity index (χ1v) is 6.11. The zero-order chi connectivity index (χ0) is 14.1. The topological polar surface area (TPSA) is 35.5 Å². The monoisotopic (exact) mass is 258 g/mol. The number of benzene rings is 1. The largest absolute Gasteiger partial charge is 0.462 e. The second-order valence-electron chi connectivity index (χ2n) is 3.65. The molecule has 0 radical (unpaired) electrons. The fourth-order valence-corrected chi connectivity index (χ4v) is 1.41. The lowest BCUT2D eigenvalue weighted by Crippen LogP contribution is -2.04. The molecule has 1 rings (SSSR count). The van der Waals surface area contributed by atoms with Crippen LogP contribution in [0.4, 0.5) is 0 Å². The number of allylic oxidation sites excluding steroid dienone is 4. The molecule has 0 N–H and O–H groups in total. The van der Waals surface area contributed by atoms with Crippen LogP contribution in [0, 0.1) is 0 Å². The Bertz CT molecular complexity index is 481. The fourth-order valence-electron chi connectivity index (χ4n) is 1.41. The van der Waals surface area contributed by atoms with Crippen molar-refractivity contribution in [2.75, 3.05) is 6.61 Å². The van der Waals surface area contributed by atoms with Crippen molar-refractivity contribution in [2.45, 2.75) is 13.8 Å². The van der Waals surface area contributed by atoms with E-state index >= 15 is 0 Å². The molecule has 1 aromatic rings. The average Bonchev–Trinajstić information content (AvgIpc) is 2.40. The van der Waals surface area contributed by atoms with Gasteiger partial charge in [0, 0.05) is 0 Å². The van der Waals surface area contributed by atoms with Gasteiger partial charge in [-0.3, -0.25) is 0 Å². The lowest BCUT2D eigenvalue weighted by Gasteiger charge is -2.07. The summed E-state index contributed by atoms with van der Waals surface area (Å²) in [5.74, 6) is 1.00. The van der Waals surface area contributed by atoms with Gasteiger partial charge < -0.3 is 9.47 Å². The minimum Gasteiger partial charge on any atom is -0.462 e. The minimum absolute atomic E-state index is 0.329. The summed E-state index contributed by atoms with van der Waals surface area (Å²) in [6.45, 7) is 7.68. The molecule has 0 fully saturated rings. The highest BCUT2D eigenvalue weighted by Crippen LogP contribution is 2.16. The fraction of sp³-hybridized carbons (Fsp3) is 0.188. The highest BCUT2D eigenvalue weighted by Gasteiger charge is 2.06. The summed E-state index contributed by atoms with van der Waals surface area (Å²) in [7, 11) is 0. The van der Waals surface area contributed by atoms with Crippen LogP contribution >= 0.6 is 0 Å². The maximum atomic E-state index is 11.5. The van der Waals surface area contributed by atoms with Crippen LogP contribution in [0.15, 0.2) is 60.9 Å². The van der Waals surface area contributed by atoms with Gasteiger partial charge >= 0.3 is 5.97 Å². The van der Waals surface area contributed by atoms with Crippen molar-refractivity contribution in [2.24, 2.45) is 0 Å². The van der Waals surface area contributed by atoms with Crippen LogP contribution in [-0.4, -0.2) is 12.6 Å². The molecule has 1 aromatic carbocycles. The third-order valence-electron chi connectivity index (χ3n) is 2.21. The molecule has 0 aliphatic carbocycles. The third-order valence-corrected chi connectivity index (χ3v) is 2.21. The highest BCUT2D eigenvalue weighted by atomic mass is 16.5. The Kier molecular flexibility index (Phi) is 6.16. The number of esters is 1. The lowest BCUT2D eigenvalue weighted by atomic mass is 10.2. The molecule has 0 saturated carbocycles. The molecule has 0 atom stereocenters. The smallest absolute Gasteiger partial charge is 0.338 e. The van der Waals surface area contributed by atoms with Crippen LogP contribution in [0.1, 0.15) is 24.2 Å². The molecule has 0 saturated heterocycles. The summed E-state index contributed by atoms with van der Waals surface area (Å²) in [6.07, 6.45) is 7.13. The van der Waals surface area contributed by atoms with Crippen LogP contribution in [0.3, 0.4) is 0 Å². The second-order valence-corrected chi connectivity index (χ2v) is 3.65. The standard InChI is InChI=1S/C16H18O3/c1-4-7-14(8-5-2)19-15-11-9-13(10-12-15)16(17)18-6-3/h4-5,7-12H,1,6H2,2-3H3/b8-5-,14-7+. The van der Waals surface area contributed by atoms with Crippen molar-refractivity contribution in [1.82, 2.24) is 0 Å². The Morgan fingerprint density at radius 1 is 1.32 bits per heavy atom. The number of hydrogen-bond donors (Lipinski definition) is 0. The van der Waals surface area contributed by atoms with Crippen molar-refractivity contribution >= 4 is 5.97 Å². The Morgan fingerprint density at radius 3 is 2.53 bits per heavy atom.